The van der Waals surface area contributed by atoms with E-state index in [1.165, 1.54) is 0 Å². The molecule has 5 heteroatoms. The summed E-state index contributed by atoms with van der Waals surface area (Å²) in [4.78, 5) is 2.41. The van der Waals surface area contributed by atoms with E-state index in [1.54, 1.807) is 0 Å². The maximum atomic E-state index is 5.87. The highest BCUT2D eigenvalue weighted by atomic mass is 16.5. The number of aromatic nitrogens is 2. The van der Waals surface area contributed by atoms with E-state index in [0.29, 0.717) is 11.8 Å². The second-order valence-electron chi connectivity index (χ2n) is 5.94. The first-order chi connectivity index (χ1) is 10.7. The van der Waals surface area contributed by atoms with Gasteiger partial charge in [-0.1, -0.05) is 18.2 Å². The molecular formula is C17H23N3O2. The van der Waals surface area contributed by atoms with Crippen LogP contribution in [0.1, 0.15) is 37.6 Å². The van der Waals surface area contributed by atoms with E-state index in [1.807, 2.05) is 37.3 Å². The molecule has 22 heavy (non-hydrogen) atoms. The lowest BCUT2D eigenvalue weighted by atomic mass is 9.97. The van der Waals surface area contributed by atoms with Gasteiger partial charge in [-0.3, -0.25) is 4.90 Å². The molecule has 1 saturated heterocycles. The van der Waals surface area contributed by atoms with Crippen LogP contribution in [0.25, 0.3) is 0 Å². The maximum Gasteiger partial charge on any atom is 0.233 e. The summed E-state index contributed by atoms with van der Waals surface area (Å²) in [5.74, 6) is 2.93. The fourth-order valence-electron chi connectivity index (χ4n) is 2.87. The fraction of sp³-hybridized carbons (Fsp3) is 0.529. The van der Waals surface area contributed by atoms with Crippen LogP contribution < -0.4 is 4.74 Å². The van der Waals surface area contributed by atoms with Gasteiger partial charge in [-0.15, -0.1) is 10.2 Å². The van der Waals surface area contributed by atoms with Crippen molar-refractivity contribution in [3.05, 3.63) is 42.1 Å². The number of ether oxygens (including phenoxy) is 1. The number of benzene rings is 1. The largest absolute Gasteiger partial charge is 0.493 e. The van der Waals surface area contributed by atoms with Crippen LogP contribution in [0.15, 0.2) is 34.7 Å². The van der Waals surface area contributed by atoms with Crippen LogP contribution in [0.4, 0.5) is 0 Å². The van der Waals surface area contributed by atoms with E-state index < -0.39 is 0 Å². The third kappa shape index (κ3) is 3.65. The van der Waals surface area contributed by atoms with E-state index in [4.69, 9.17) is 9.15 Å². The zero-order chi connectivity index (χ0) is 15.4. The number of rotatable bonds is 5. The minimum Gasteiger partial charge on any atom is -0.493 e. The molecule has 5 nitrogen and oxygen atoms in total. The summed E-state index contributed by atoms with van der Waals surface area (Å²) in [5.41, 5.74) is 0. The summed E-state index contributed by atoms with van der Waals surface area (Å²) >= 11 is 0. The normalized spacial score (nSPS) is 18.3. The molecule has 0 spiro atoms. The van der Waals surface area contributed by atoms with Gasteiger partial charge >= 0.3 is 0 Å². The Hall–Kier alpha value is -1.88. The van der Waals surface area contributed by atoms with Gasteiger partial charge in [0, 0.05) is 6.92 Å². The molecule has 0 aliphatic carbocycles. The minimum atomic E-state index is 0.192. The summed E-state index contributed by atoms with van der Waals surface area (Å²) in [6.45, 7) is 6.85. The molecule has 1 aliphatic rings. The van der Waals surface area contributed by atoms with Crippen molar-refractivity contribution < 1.29 is 9.15 Å². The Morgan fingerprint density at radius 1 is 1.23 bits per heavy atom. The van der Waals surface area contributed by atoms with E-state index in [-0.39, 0.29) is 6.04 Å². The molecule has 0 radical (unpaired) electrons. The predicted molar refractivity (Wildman–Crippen MR) is 83.7 cm³/mol. The van der Waals surface area contributed by atoms with Gasteiger partial charge in [0.1, 0.15) is 5.75 Å². The molecule has 1 fully saturated rings. The first-order valence-electron chi connectivity index (χ1n) is 7.94. The fourth-order valence-corrected chi connectivity index (χ4v) is 2.87. The van der Waals surface area contributed by atoms with Gasteiger partial charge < -0.3 is 9.15 Å². The number of nitrogens with zero attached hydrogens (tertiary/aromatic N) is 3. The van der Waals surface area contributed by atoms with Gasteiger partial charge in [0.2, 0.25) is 11.8 Å². The lowest BCUT2D eigenvalue weighted by Crippen LogP contribution is -2.37. The smallest absolute Gasteiger partial charge is 0.233 e. The van der Waals surface area contributed by atoms with Crippen molar-refractivity contribution in [3.63, 3.8) is 0 Å². The summed E-state index contributed by atoms with van der Waals surface area (Å²) in [6.07, 6.45) is 2.29. The molecular weight excluding hydrogens is 278 g/mol. The molecule has 0 bridgehead atoms. The zero-order valence-electron chi connectivity index (χ0n) is 13.2. The zero-order valence-corrected chi connectivity index (χ0v) is 13.2. The lowest BCUT2D eigenvalue weighted by molar-refractivity contribution is 0.101. The number of para-hydroxylation sites is 1. The van der Waals surface area contributed by atoms with E-state index in [0.717, 1.165) is 44.2 Å². The maximum absolute atomic E-state index is 5.87. The third-order valence-electron chi connectivity index (χ3n) is 4.32. The Morgan fingerprint density at radius 3 is 2.59 bits per heavy atom. The van der Waals surface area contributed by atoms with Gasteiger partial charge in [-0.05, 0) is 50.9 Å². The number of piperidine rings is 1. The van der Waals surface area contributed by atoms with Crippen molar-refractivity contribution in [1.29, 1.82) is 0 Å². The molecule has 2 heterocycles. The summed E-state index contributed by atoms with van der Waals surface area (Å²) in [7, 11) is 0. The Morgan fingerprint density at radius 2 is 1.95 bits per heavy atom. The molecule has 0 amide bonds. The van der Waals surface area contributed by atoms with E-state index >= 15 is 0 Å². The highest BCUT2D eigenvalue weighted by Crippen LogP contribution is 2.26. The van der Waals surface area contributed by atoms with Crippen molar-refractivity contribution in [3.8, 4) is 5.75 Å². The second kappa shape index (κ2) is 6.92. The van der Waals surface area contributed by atoms with Crippen LogP contribution in [0.5, 0.6) is 5.75 Å². The lowest BCUT2D eigenvalue weighted by Gasteiger charge is -2.34. The van der Waals surface area contributed by atoms with Crippen molar-refractivity contribution >= 4 is 0 Å². The van der Waals surface area contributed by atoms with Crippen LogP contribution >= 0.6 is 0 Å². The Kier molecular flexibility index (Phi) is 4.73. The van der Waals surface area contributed by atoms with Gasteiger partial charge in [-0.2, -0.15) is 0 Å². The van der Waals surface area contributed by atoms with Crippen LogP contribution in [0, 0.1) is 12.8 Å². The monoisotopic (exact) mass is 301 g/mol. The third-order valence-corrected chi connectivity index (χ3v) is 4.32. The summed E-state index contributed by atoms with van der Waals surface area (Å²) < 4.78 is 11.4. The van der Waals surface area contributed by atoms with Crippen molar-refractivity contribution in [2.75, 3.05) is 19.7 Å². The van der Waals surface area contributed by atoms with Crippen LogP contribution in [0.3, 0.4) is 0 Å². The molecule has 0 unspecified atom stereocenters. The van der Waals surface area contributed by atoms with Gasteiger partial charge in [0.15, 0.2) is 0 Å². The highest BCUT2D eigenvalue weighted by molar-refractivity contribution is 5.20. The SMILES string of the molecule is Cc1nnc([C@@H](C)N2CCC(COc3ccccc3)CC2)o1. The molecule has 0 N–H and O–H groups in total. The van der Waals surface area contributed by atoms with Gasteiger partial charge in [0.05, 0.1) is 12.6 Å². The first kappa shape index (κ1) is 15.0. The summed E-state index contributed by atoms with van der Waals surface area (Å²) in [5, 5.41) is 8.05. The molecule has 118 valence electrons. The van der Waals surface area contributed by atoms with E-state index in [9.17, 15) is 0 Å². The summed E-state index contributed by atoms with van der Waals surface area (Å²) in [6, 6.07) is 10.2. The Balaban J connectivity index is 1.46. The van der Waals surface area contributed by atoms with Crippen LogP contribution in [-0.4, -0.2) is 34.8 Å². The van der Waals surface area contributed by atoms with Gasteiger partial charge in [-0.25, -0.2) is 0 Å². The molecule has 3 rings (SSSR count). The van der Waals surface area contributed by atoms with Crippen molar-refractivity contribution in [2.45, 2.75) is 32.7 Å². The average Bonchev–Trinajstić information content (AvgIpc) is 3.00. The Bertz CT molecular complexity index is 577. The topological polar surface area (TPSA) is 51.4 Å². The average molecular weight is 301 g/mol. The number of aryl methyl sites for hydroxylation is 1. The van der Waals surface area contributed by atoms with Crippen molar-refractivity contribution in [2.24, 2.45) is 5.92 Å². The minimum absolute atomic E-state index is 0.192. The molecule has 1 aliphatic heterocycles. The quantitative estimate of drug-likeness (QED) is 0.848. The number of hydrogen-bond donors (Lipinski definition) is 0. The van der Waals surface area contributed by atoms with Crippen molar-refractivity contribution in [1.82, 2.24) is 15.1 Å². The standard InChI is InChI=1S/C17H23N3O2/c1-13(17-19-18-14(2)22-17)20-10-8-15(9-11-20)12-21-16-6-4-3-5-7-16/h3-7,13,15H,8-12H2,1-2H3/t13-/m1/s1. The molecule has 2 aromatic rings. The highest BCUT2D eigenvalue weighted by Gasteiger charge is 2.26. The number of likely N-dealkylation sites (tertiary alicyclic amines) is 1. The molecule has 1 aromatic heterocycles. The molecule has 1 atom stereocenters. The first-order valence-corrected chi connectivity index (χ1v) is 7.94. The molecule has 1 aromatic carbocycles. The van der Waals surface area contributed by atoms with E-state index in [2.05, 4.69) is 22.0 Å². The second-order valence-corrected chi connectivity index (χ2v) is 5.94. The molecule has 0 saturated carbocycles. The predicted octanol–water partition coefficient (Wildman–Crippen LogP) is 3.23. The number of hydrogen-bond acceptors (Lipinski definition) is 5. The Labute approximate surface area is 131 Å². The van der Waals surface area contributed by atoms with Gasteiger partial charge in [0.25, 0.3) is 0 Å². The van der Waals surface area contributed by atoms with Crippen LogP contribution in [-0.2, 0) is 0 Å². The van der Waals surface area contributed by atoms with Crippen LogP contribution in [0.2, 0.25) is 0 Å².